The standard InChI is InChI=1S/C7H11N3S/c1-5-6(3-7(8)11)4-10(2)9-5/h4H,3H2,1-2H3,(H2,8,11). The van der Waals surface area contributed by atoms with Gasteiger partial charge in [0.05, 0.1) is 10.7 Å². The molecule has 1 heterocycles. The van der Waals surface area contributed by atoms with Gasteiger partial charge in [0, 0.05) is 19.7 Å². The van der Waals surface area contributed by atoms with Crippen LogP contribution in [0.15, 0.2) is 6.20 Å². The van der Waals surface area contributed by atoms with Gasteiger partial charge < -0.3 is 5.73 Å². The molecule has 0 radical (unpaired) electrons. The van der Waals surface area contributed by atoms with Crippen LogP contribution < -0.4 is 5.73 Å². The van der Waals surface area contributed by atoms with Crippen molar-refractivity contribution < 1.29 is 0 Å². The normalized spacial score (nSPS) is 10.0. The summed E-state index contributed by atoms with van der Waals surface area (Å²) in [4.78, 5) is 0.515. The van der Waals surface area contributed by atoms with Gasteiger partial charge in [-0.15, -0.1) is 0 Å². The molecule has 0 aliphatic heterocycles. The first-order chi connectivity index (χ1) is 5.09. The van der Waals surface area contributed by atoms with Crippen molar-refractivity contribution in [1.29, 1.82) is 0 Å². The summed E-state index contributed by atoms with van der Waals surface area (Å²) < 4.78 is 1.77. The summed E-state index contributed by atoms with van der Waals surface area (Å²) in [6.45, 7) is 1.95. The monoisotopic (exact) mass is 169 g/mol. The Balaban J connectivity index is 2.85. The lowest BCUT2D eigenvalue weighted by molar-refractivity contribution is 0.756. The maximum Gasteiger partial charge on any atom is 0.0773 e. The highest BCUT2D eigenvalue weighted by atomic mass is 32.1. The van der Waals surface area contributed by atoms with Crippen LogP contribution in [0.2, 0.25) is 0 Å². The van der Waals surface area contributed by atoms with Crippen LogP contribution in [0.1, 0.15) is 11.3 Å². The summed E-state index contributed by atoms with van der Waals surface area (Å²) in [7, 11) is 1.88. The van der Waals surface area contributed by atoms with Gasteiger partial charge in [0.25, 0.3) is 0 Å². The Hall–Kier alpha value is -0.900. The zero-order chi connectivity index (χ0) is 8.43. The summed E-state index contributed by atoms with van der Waals surface area (Å²) in [5.74, 6) is 0. The Bertz CT molecular complexity index is 277. The molecule has 3 nitrogen and oxygen atoms in total. The van der Waals surface area contributed by atoms with E-state index < -0.39 is 0 Å². The molecule has 4 heteroatoms. The van der Waals surface area contributed by atoms with E-state index in [0.717, 1.165) is 11.3 Å². The molecule has 0 unspecified atom stereocenters. The number of rotatable bonds is 2. The van der Waals surface area contributed by atoms with Gasteiger partial charge in [-0.05, 0) is 12.5 Å². The molecule has 0 aliphatic carbocycles. The minimum absolute atomic E-state index is 0.515. The van der Waals surface area contributed by atoms with Crippen molar-refractivity contribution in [2.45, 2.75) is 13.3 Å². The molecule has 0 bridgehead atoms. The second kappa shape index (κ2) is 3.00. The highest BCUT2D eigenvalue weighted by Crippen LogP contribution is 2.04. The smallest absolute Gasteiger partial charge is 0.0773 e. The van der Waals surface area contributed by atoms with E-state index in [-0.39, 0.29) is 0 Å². The van der Waals surface area contributed by atoms with Gasteiger partial charge in [-0.2, -0.15) is 5.10 Å². The third-order valence-corrected chi connectivity index (χ3v) is 1.62. The lowest BCUT2D eigenvalue weighted by atomic mass is 10.2. The van der Waals surface area contributed by atoms with Crippen LogP contribution >= 0.6 is 12.2 Å². The first-order valence-corrected chi connectivity index (χ1v) is 3.78. The van der Waals surface area contributed by atoms with Gasteiger partial charge >= 0.3 is 0 Å². The SMILES string of the molecule is Cc1nn(C)cc1CC(N)=S. The minimum Gasteiger partial charge on any atom is -0.393 e. The van der Waals surface area contributed by atoms with Gasteiger partial charge in [0.2, 0.25) is 0 Å². The lowest BCUT2D eigenvalue weighted by Gasteiger charge is -1.93. The number of nitrogens with two attached hydrogens (primary N) is 1. The van der Waals surface area contributed by atoms with E-state index in [4.69, 9.17) is 18.0 Å². The second-order valence-electron chi connectivity index (χ2n) is 2.56. The zero-order valence-electron chi connectivity index (χ0n) is 6.66. The number of aryl methyl sites for hydroxylation is 2. The first kappa shape index (κ1) is 8.20. The number of nitrogens with zero attached hydrogens (tertiary/aromatic N) is 2. The highest BCUT2D eigenvalue weighted by molar-refractivity contribution is 7.80. The van der Waals surface area contributed by atoms with E-state index in [2.05, 4.69) is 5.10 Å². The van der Waals surface area contributed by atoms with Crippen LogP contribution in [0.3, 0.4) is 0 Å². The fraction of sp³-hybridized carbons (Fsp3) is 0.429. The fourth-order valence-electron chi connectivity index (χ4n) is 1.01. The molecule has 60 valence electrons. The molecular weight excluding hydrogens is 158 g/mol. The predicted octanol–water partition coefficient (Wildman–Crippen LogP) is 0.557. The summed E-state index contributed by atoms with van der Waals surface area (Å²) in [6.07, 6.45) is 2.59. The van der Waals surface area contributed by atoms with Crippen LogP contribution in [0, 0.1) is 6.92 Å². The zero-order valence-corrected chi connectivity index (χ0v) is 7.48. The largest absolute Gasteiger partial charge is 0.393 e. The lowest BCUT2D eigenvalue weighted by Crippen LogP contribution is -2.11. The van der Waals surface area contributed by atoms with Crippen molar-refractivity contribution in [3.8, 4) is 0 Å². The quantitative estimate of drug-likeness (QED) is 0.658. The maximum atomic E-state index is 5.40. The van der Waals surface area contributed by atoms with Crippen LogP contribution in [0.5, 0.6) is 0 Å². The van der Waals surface area contributed by atoms with Gasteiger partial charge in [0.15, 0.2) is 0 Å². The summed E-state index contributed by atoms with van der Waals surface area (Å²) in [5, 5.41) is 4.17. The third kappa shape index (κ3) is 2.01. The Kier molecular flexibility index (Phi) is 2.24. The van der Waals surface area contributed by atoms with Crippen LogP contribution in [0.25, 0.3) is 0 Å². The van der Waals surface area contributed by atoms with Gasteiger partial charge in [-0.1, -0.05) is 12.2 Å². The molecule has 0 saturated heterocycles. The number of thiocarbonyl (C=S) groups is 1. The molecule has 0 amide bonds. The molecule has 0 fully saturated rings. The van der Waals surface area contributed by atoms with Gasteiger partial charge in [0.1, 0.15) is 0 Å². The van der Waals surface area contributed by atoms with E-state index in [1.807, 2.05) is 20.2 Å². The van der Waals surface area contributed by atoms with Crippen LogP contribution in [0.4, 0.5) is 0 Å². The molecule has 1 aromatic heterocycles. The molecule has 0 atom stereocenters. The highest BCUT2D eigenvalue weighted by Gasteiger charge is 2.02. The minimum atomic E-state index is 0.515. The van der Waals surface area contributed by atoms with E-state index in [1.54, 1.807) is 4.68 Å². The Labute approximate surface area is 71.2 Å². The second-order valence-corrected chi connectivity index (χ2v) is 3.08. The van der Waals surface area contributed by atoms with Crippen LogP contribution in [-0.2, 0) is 13.5 Å². The van der Waals surface area contributed by atoms with E-state index >= 15 is 0 Å². The fourth-order valence-corrected chi connectivity index (χ4v) is 1.17. The maximum absolute atomic E-state index is 5.40. The molecular formula is C7H11N3S. The van der Waals surface area contributed by atoms with Crippen molar-refractivity contribution >= 4 is 17.2 Å². The van der Waals surface area contributed by atoms with E-state index in [0.29, 0.717) is 11.4 Å². The van der Waals surface area contributed by atoms with Crippen molar-refractivity contribution in [3.63, 3.8) is 0 Å². The Morgan fingerprint density at radius 1 is 1.82 bits per heavy atom. The molecule has 0 aliphatic rings. The average Bonchev–Trinajstić information content (AvgIpc) is 2.09. The molecule has 0 spiro atoms. The van der Waals surface area contributed by atoms with Gasteiger partial charge in [-0.25, -0.2) is 0 Å². The van der Waals surface area contributed by atoms with Crippen LogP contribution in [-0.4, -0.2) is 14.8 Å². The average molecular weight is 169 g/mol. The van der Waals surface area contributed by atoms with Crippen molar-refractivity contribution in [3.05, 3.63) is 17.5 Å². The third-order valence-electron chi connectivity index (χ3n) is 1.48. The Morgan fingerprint density at radius 2 is 2.45 bits per heavy atom. The molecule has 0 aromatic carbocycles. The van der Waals surface area contributed by atoms with Crippen molar-refractivity contribution in [1.82, 2.24) is 9.78 Å². The first-order valence-electron chi connectivity index (χ1n) is 3.37. The summed E-state index contributed by atoms with van der Waals surface area (Å²) in [5.41, 5.74) is 7.51. The van der Waals surface area contributed by atoms with E-state index in [9.17, 15) is 0 Å². The Morgan fingerprint density at radius 3 is 2.82 bits per heavy atom. The number of aromatic nitrogens is 2. The molecule has 1 aromatic rings. The summed E-state index contributed by atoms with van der Waals surface area (Å²) >= 11 is 4.79. The van der Waals surface area contributed by atoms with Crippen molar-refractivity contribution in [2.24, 2.45) is 12.8 Å². The number of hydrogen-bond acceptors (Lipinski definition) is 2. The molecule has 2 N–H and O–H groups in total. The van der Waals surface area contributed by atoms with E-state index in [1.165, 1.54) is 0 Å². The van der Waals surface area contributed by atoms with Gasteiger partial charge in [-0.3, -0.25) is 4.68 Å². The topological polar surface area (TPSA) is 43.8 Å². The molecule has 0 saturated carbocycles. The molecule has 1 rings (SSSR count). The summed E-state index contributed by atoms with van der Waals surface area (Å²) in [6, 6.07) is 0. The predicted molar refractivity (Wildman–Crippen MR) is 48.4 cm³/mol. The van der Waals surface area contributed by atoms with Crippen molar-refractivity contribution in [2.75, 3.05) is 0 Å². The molecule has 11 heavy (non-hydrogen) atoms. The number of hydrogen-bond donors (Lipinski definition) is 1.